The first-order valence-corrected chi connectivity index (χ1v) is 5.19. The minimum Gasteiger partial charge on any atom is -0.478 e. The summed E-state index contributed by atoms with van der Waals surface area (Å²) in [6, 6.07) is 9.03. The van der Waals surface area contributed by atoms with Crippen LogP contribution in [0.2, 0.25) is 0 Å². The van der Waals surface area contributed by atoms with Gasteiger partial charge in [0.2, 0.25) is 0 Å². The predicted molar refractivity (Wildman–Crippen MR) is 68.3 cm³/mol. The highest BCUT2D eigenvalue weighted by Crippen LogP contribution is 2.12. The molecule has 0 aliphatic carbocycles. The summed E-state index contributed by atoms with van der Waals surface area (Å²) >= 11 is 0. The van der Waals surface area contributed by atoms with Crippen LogP contribution in [-0.4, -0.2) is 42.1 Å². The van der Waals surface area contributed by atoms with Gasteiger partial charge in [0.25, 0.3) is 0 Å². The molecule has 4 heteroatoms. The molecule has 0 saturated carbocycles. The van der Waals surface area contributed by atoms with Crippen molar-refractivity contribution in [2.45, 2.75) is 0 Å². The molecule has 2 rings (SSSR count). The molecule has 0 atom stereocenters. The number of hydrogen-bond acceptors (Lipinski definition) is 3. The monoisotopic (exact) mass is 232 g/mol. The van der Waals surface area contributed by atoms with Gasteiger partial charge >= 0.3 is 5.97 Å². The third kappa shape index (κ3) is 4.20. The van der Waals surface area contributed by atoms with Crippen LogP contribution in [0.5, 0.6) is 0 Å². The molecule has 0 unspecified atom stereocenters. The molecule has 1 aromatic heterocycles. The highest BCUT2D eigenvalue weighted by Gasteiger charge is 2.03. The van der Waals surface area contributed by atoms with Crippen molar-refractivity contribution in [3.05, 3.63) is 42.1 Å². The van der Waals surface area contributed by atoms with Gasteiger partial charge in [-0.25, -0.2) is 4.79 Å². The zero-order chi connectivity index (χ0) is 12.8. The van der Waals surface area contributed by atoms with Crippen molar-refractivity contribution in [1.29, 1.82) is 0 Å². The lowest BCUT2D eigenvalue weighted by Gasteiger charge is -1.97. The second kappa shape index (κ2) is 5.96. The maximum Gasteiger partial charge on any atom is 0.337 e. The molecule has 1 aromatic carbocycles. The highest BCUT2D eigenvalue weighted by atomic mass is 16.4. The van der Waals surface area contributed by atoms with Crippen molar-refractivity contribution >= 4 is 16.9 Å². The molecule has 1 N–H and O–H groups in total. The maximum atomic E-state index is 10.6. The van der Waals surface area contributed by atoms with Crippen molar-refractivity contribution < 1.29 is 9.90 Å². The highest BCUT2D eigenvalue weighted by molar-refractivity contribution is 5.92. The van der Waals surface area contributed by atoms with Crippen LogP contribution in [0.25, 0.3) is 10.9 Å². The van der Waals surface area contributed by atoms with Gasteiger partial charge in [0, 0.05) is 11.6 Å². The van der Waals surface area contributed by atoms with Gasteiger partial charge in [-0.3, -0.25) is 4.98 Å². The average Bonchev–Trinajstić information content (AvgIpc) is 2.27. The Labute approximate surface area is 101 Å². The predicted octanol–water partition coefficient (Wildman–Crippen LogP) is 2.11. The summed E-state index contributed by atoms with van der Waals surface area (Å²) in [5, 5.41) is 9.55. The number of para-hydroxylation sites is 1. The quantitative estimate of drug-likeness (QED) is 0.818. The van der Waals surface area contributed by atoms with E-state index in [0.29, 0.717) is 0 Å². The number of carboxylic acids is 1. The van der Waals surface area contributed by atoms with Gasteiger partial charge in [-0.05, 0) is 33.3 Å². The molecule has 0 bridgehead atoms. The SMILES string of the molecule is CN(C)C.O=C(O)c1cnc2ccccc2c1. The molecule has 0 aliphatic rings. The normalized spacial score (nSPS) is 9.88. The van der Waals surface area contributed by atoms with E-state index in [1.807, 2.05) is 50.3 Å². The van der Waals surface area contributed by atoms with Crippen molar-refractivity contribution in [3.8, 4) is 0 Å². The second-order valence-electron chi connectivity index (χ2n) is 4.06. The van der Waals surface area contributed by atoms with Gasteiger partial charge < -0.3 is 10.0 Å². The van der Waals surface area contributed by atoms with Crippen LogP contribution in [0, 0.1) is 0 Å². The number of nitrogens with zero attached hydrogens (tertiary/aromatic N) is 2. The van der Waals surface area contributed by atoms with E-state index in [1.165, 1.54) is 6.20 Å². The van der Waals surface area contributed by atoms with Crippen LogP contribution >= 0.6 is 0 Å². The summed E-state index contributed by atoms with van der Waals surface area (Å²) in [7, 11) is 6.00. The largest absolute Gasteiger partial charge is 0.478 e. The van der Waals surface area contributed by atoms with E-state index in [9.17, 15) is 4.79 Å². The van der Waals surface area contributed by atoms with Crippen molar-refractivity contribution in [2.75, 3.05) is 21.1 Å². The number of aromatic nitrogens is 1. The first kappa shape index (κ1) is 13.1. The lowest BCUT2D eigenvalue weighted by atomic mass is 10.2. The van der Waals surface area contributed by atoms with Crippen LogP contribution in [0.15, 0.2) is 36.5 Å². The van der Waals surface area contributed by atoms with Crippen LogP contribution < -0.4 is 0 Å². The minimum atomic E-state index is -0.946. The number of rotatable bonds is 1. The van der Waals surface area contributed by atoms with Crippen molar-refractivity contribution in [2.24, 2.45) is 0 Å². The first-order chi connectivity index (χ1) is 8.00. The fourth-order valence-corrected chi connectivity index (χ4v) is 1.19. The molecular formula is C13H16N2O2. The van der Waals surface area contributed by atoms with Crippen LogP contribution in [-0.2, 0) is 0 Å². The van der Waals surface area contributed by atoms with Gasteiger partial charge in [-0.1, -0.05) is 18.2 Å². The molecule has 0 aliphatic heterocycles. The van der Waals surface area contributed by atoms with E-state index in [-0.39, 0.29) is 5.56 Å². The lowest BCUT2D eigenvalue weighted by molar-refractivity contribution is 0.0696. The average molecular weight is 232 g/mol. The molecule has 17 heavy (non-hydrogen) atoms. The number of fused-ring (bicyclic) bond motifs is 1. The molecule has 0 spiro atoms. The molecule has 0 fully saturated rings. The Morgan fingerprint density at radius 3 is 2.41 bits per heavy atom. The Balaban J connectivity index is 0.000000317. The van der Waals surface area contributed by atoms with E-state index in [4.69, 9.17) is 5.11 Å². The standard InChI is InChI=1S/C10H7NO2.C3H9N/c12-10(13)8-5-7-3-1-2-4-9(7)11-6-8;1-4(2)3/h1-6H,(H,12,13);1-3H3. The minimum absolute atomic E-state index is 0.221. The van der Waals surface area contributed by atoms with Crippen LogP contribution in [0.1, 0.15) is 10.4 Å². The maximum absolute atomic E-state index is 10.6. The summed E-state index contributed by atoms with van der Waals surface area (Å²) in [5.74, 6) is -0.946. The Hall–Kier alpha value is -1.94. The molecule has 2 aromatic rings. The lowest BCUT2D eigenvalue weighted by Crippen LogP contribution is -1.99. The zero-order valence-electron chi connectivity index (χ0n) is 10.2. The molecule has 0 amide bonds. The van der Waals surface area contributed by atoms with E-state index >= 15 is 0 Å². The third-order valence-electron chi connectivity index (χ3n) is 1.84. The molecule has 1 heterocycles. The summed E-state index contributed by atoms with van der Waals surface area (Å²) in [5.41, 5.74) is 1.03. The Morgan fingerprint density at radius 1 is 1.24 bits per heavy atom. The van der Waals surface area contributed by atoms with Crippen LogP contribution in [0.4, 0.5) is 0 Å². The van der Waals surface area contributed by atoms with Gasteiger partial charge in [0.15, 0.2) is 0 Å². The number of pyridine rings is 1. The van der Waals surface area contributed by atoms with E-state index in [0.717, 1.165) is 10.9 Å². The zero-order valence-corrected chi connectivity index (χ0v) is 10.2. The van der Waals surface area contributed by atoms with Gasteiger partial charge in [-0.2, -0.15) is 0 Å². The summed E-state index contributed by atoms with van der Waals surface area (Å²) in [6.45, 7) is 0. The van der Waals surface area contributed by atoms with Gasteiger partial charge in [-0.15, -0.1) is 0 Å². The number of benzene rings is 1. The van der Waals surface area contributed by atoms with Crippen molar-refractivity contribution in [3.63, 3.8) is 0 Å². The molecular weight excluding hydrogens is 216 g/mol. The Morgan fingerprint density at radius 2 is 1.82 bits per heavy atom. The van der Waals surface area contributed by atoms with Gasteiger partial charge in [0.1, 0.15) is 0 Å². The third-order valence-corrected chi connectivity index (χ3v) is 1.84. The fraction of sp³-hybridized carbons (Fsp3) is 0.231. The topological polar surface area (TPSA) is 53.4 Å². The Kier molecular flexibility index (Phi) is 4.60. The molecule has 0 radical (unpaired) electrons. The van der Waals surface area contributed by atoms with Gasteiger partial charge in [0.05, 0.1) is 11.1 Å². The second-order valence-corrected chi connectivity index (χ2v) is 4.06. The Bertz CT molecular complexity index is 507. The molecule has 4 nitrogen and oxygen atoms in total. The summed E-state index contributed by atoms with van der Waals surface area (Å²) in [4.78, 5) is 16.6. The first-order valence-electron chi connectivity index (χ1n) is 5.19. The number of hydrogen-bond donors (Lipinski definition) is 1. The smallest absolute Gasteiger partial charge is 0.337 e. The molecule has 90 valence electrons. The van der Waals surface area contributed by atoms with E-state index in [1.54, 1.807) is 6.07 Å². The van der Waals surface area contributed by atoms with Crippen molar-refractivity contribution in [1.82, 2.24) is 9.88 Å². The van der Waals surface area contributed by atoms with Crippen LogP contribution in [0.3, 0.4) is 0 Å². The fourth-order valence-electron chi connectivity index (χ4n) is 1.19. The number of carboxylic acid groups (broad SMARTS) is 1. The summed E-state index contributed by atoms with van der Waals surface area (Å²) < 4.78 is 0. The number of aromatic carboxylic acids is 1. The number of carbonyl (C=O) groups is 1. The molecule has 0 saturated heterocycles. The van der Waals surface area contributed by atoms with E-state index in [2.05, 4.69) is 4.98 Å². The summed E-state index contributed by atoms with van der Waals surface area (Å²) in [6.07, 6.45) is 1.37. The van der Waals surface area contributed by atoms with E-state index < -0.39 is 5.97 Å².